The van der Waals surface area contributed by atoms with E-state index in [9.17, 15) is 23.5 Å². The molecule has 26 heavy (non-hydrogen) atoms. The monoisotopic (exact) mass is 476 g/mol. The third-order valence-corrected chi connectivity index (χ3v) is 6.47. The predicted octanol–water partition coefficient (Wildman–Crippen LogP) is 1.90. The number of nitrogens with zero attached hydrogens (tertiary/aromatic N) is 1. The number of rotatable bonds is 3. The van der Waals surface area contributed by atoms with Gasteiger partial charge in [0.25, 0.3) is 5.91 Å². The Bertz CT molecular complexity index is 808. The van der Waals surface area contributed by atoms with Gasteiger partial charge in [0.15, 0.2) is 0 Å². The molecule has 1 heterocycles. The third kappa shape index (κ3) is 2.81. The van der Waals surface area contributed by atoms with Crippen molar-refractivity contribution in [2.45, 2.75) is 49.4 Å². The number of halogens is 3. The molecular weight excluding hydrogens is 457 g/mol. The minimum absolute atomic E-state index is 0.00676. The summed E-state index contributed by atoms with van der Waals surface area (Å²) >= 11 is 1.83. The first-order valence-electron chi connectivity index (χ1n) is 8.56. The zero-order valence-corrected chi connectivity index (χ0v) is 16.3. The van der Waals surface area contributed by atoms with Crippen LogP contribution in [-0.4, -0.2) is 52.7 Å². The van der Waals surface area contributed by atoms with Gasteiger partial charge in [0, 0.05) is 27.3 Å². The van der Waals surface area contributed by atoms with Crippen molar-refractivity contribution in [3.05, 3.63) is 32.6 Å². The van der Waals surface area contributed by atoms with Gasteiger partial charge in [0.05, 0.1) is 17.6 Å². The lowest BCUT2D eigenvalue weighted by molar-refractivity contribution is -0.125. The molecule has 2 atom stereocenters. The van der Waals surface area contributed by atoms with Gasteiger partial charge in [0.1, 0.15) is 12.0 Å². The number of fused-ring (bicyclic) bond motifs is 2. The van der Waals surface area contributed by atoms with Gasteiger partial charge < -0.3 is 15.3 Å². The second-order valence-electron chi connectivity index (χ2n) is 7.94. The number of carbonyl (C=O) groups excluding carboxylic acids is 2. The van der Waals surface area contributed by atoms with Gasteiger partial charge in [-0.3, -0.25) is 9.59 Å². The van der Waals surface area contributed by atoms with E-state index in [4.69, 9.17) is 0 Å². The van der Waals surface area contributed by atoms with E-state index >= 15 is 0 Å². The SMILES string of the molecule is CC1(O)CC(NC(=O)CN2C[C@@]3(C[C@@H]3F)c3c(ccc(I)c3F)C2=O)C1. The molecule has 2 amide bonds. The Kier molecular flexibility index (Phi) is 4.07. The number of aliphatic hydroxyl groups is 1. The van der Waals surface area contributed by atoms with Gasteiger partial charge in [-0.05, 0) is 60.9 Å². The molecule has 1 aliphatic heterocycles. The summed E-state index contributed by atoms with van der Waals surface area (Å²) in [4.78, 5) is 26.3. The molecule has 2 saturated carbocycles. The van der Waals surface area contributed by atoms with Crippen molar-refractivity contribution in [1.29, 1.82) is 0 Å². The van der Waals surface area contributed by atoms with Crippen LogP contribution in [0.25, 0.3) is 0 Å². The first-order valence-corrected chi connectivity index (χ1v) is 9.64. The first kappa shape index (κ1) is 18.1. The topological polar surface area (TPSA) is 69.6 Å². The number of alkyl halides is 1. The first-order chi connectivity index (χ1) is 12.1. The maximum atomic E-state index is 14.6. The lowest BCUT2D eigenvalue weighted by Crippen LogP contribution is -2.56. The Balaban J connectivity index is 1.53. The maximum Gasteiger partial charge on any atom is 0.254 e. The van der Waals surface area contributed by atoms with Gasteiger partial charge >= 0.3 is 0 Å². The average molecular weight is 476 g/mol. The molecule has 0 aromatic heterocycles. The molecule has 5 nitrogen and oxygen atoms in total. The standard InChI is InChI=1S/C18H19F2IN2O3/c1-17(26)4-9(5-17)22-13(24)7-23-8-18(6-12(18)19)14-10(16(23)25)2-3-11(21)15(14)20/h2-3,9,12,26H,4-8H2,1H3,(H,22,24)/t9?,12-,17?,18+/m0/s1. The van der Waals surface area contributed by atoms with Gasteiger partial charge in [-0.15, -0.1) is 0 Å². The highest BCUT2D eigenvalue weighted by molar-refractivity contribution is 14.1. The van der Waals surface area contributed by atoms with Gasteiger partial charge in [-0.1, -0.05) is 0 Å². The zero-order chi connectivity index (χ0) is 18.9. The van der Waals surface area contributed by atoms with Crippen LogP contribution >= 0.6 is 22.6 Å². The van der Waals surface area contributed by atoms with E-state index in [0.29, 0.717) is 16.4 Å². The molecule has 1 aromatic carbocycles. The minimum atomic E-state index is -1.21. The summed E-state index contributed by atoms with van der Waals surface area (Å²) in [5.41, 5.74) is -1.48. The molecule has 0 unspecified atom stereocenters. The third-order valence-electron chi connectivity index (χ3n) is 5.64. The number of hydrogen-bond acceptors (Lipinski definition) is 3. The maximum absolute atomic E-state index is 14.6. The Morgan fingerprint density at radius 1 is 1.42 bits per heavy atom. The smallest absolute Gasteiger partial charge is 0.254 e. The molecule has 2 fully saturated rings. The number of carbonyl (C=O) groups is 2. The van der Waals surface area contributed by atoms with E-state index in [2.05, 4.69) is 5.32 Å². The van der Waals surface area contributed by atoms with Gasteiger partial charge in [0.2, 0.25) is 5.91 Å². The Morgan fingerprint density at radius 3 is 2.65 bits per heavy atom. The van der Waals surface area contributed by atoms with Crippen molar-refractivity contribution in [1.82, 2.24) is 10.2 Å². The number of amides is 2. The summed E-state index contributed by atoms with van der Waals surface area (Å²) in [5, 5.41) is 12.5. The van der Waals surface area contributed by atoms with Crippen molar-refractivity contribution >= 4 is 34.4 Å². The summed E-state index contributed by atoms with van der Waals surface area (Å²) < 4.78 is 29.2. The normalized spacial score (nSPS) is 35.1. The van der Waals surface area contributed by atoms with Crippen LogP contribution in [0.2, 0.25) is 0 Å². The Hall–Kier alpha value is -1.29. The molecule has 1 aromatic rings. The van der Waals surface area contributed by atoms with E-state index in [1.165, 1.54) is 17.0 Å². The molecule has 1 spiro atoms. The second-order valence-corrected chi connectivity index (χ2v) is 9.10. The van der Waals surface area contributed by atoms with E-state index in [1.54, 1.807) is 6.92 Å². The Morgan fingerprint density at radius 2 is 2.08 bits per heavy atom. The highest BCUT2D eigenvalue weighted by atomic mass is 127. The van der Waals surface area contributed by atoms with E-state index in [-0.39, 0.29) is 42.6 Å². The summed E-state index contributed by atoms with van der Waals surface area (Å²) in [6, 6.07) is 2.89. The van der Waals surface area contributed by atoms with E-state index in [1.807, 2.05) is 22.6 Å². The van der Waals surface area contributed by atoms with E-state index < -0.39 is 28.9 Å². The van der Waals surface area contributed by atoms with E-state index in [0.717, 1.165) is 0 Å². The molecule has 4 rings (SSSR count). The second kappa shape index (κ2) is 5.85. The number of nitrogens with one attached hydrogen (secondary N) is 1. The fourth-order valence-corrected chi connectivity index (χ4v) is 4.69. The average Bonchev–Trinajstić information content (AvgIpc) is 3.15. The quantitative estimate of drug-likeness (QED) is 0.656. The van der Waals surface area contributed by atoms with Crippen LogP contribution in [0.1, 0.15) is 42.1 Å². The van der Waals surface area contributed by atoms with Crippen LogP contribution in [0.5, 0.6) is 0 Å². The summed E-state index contributed by atoms with van der Waals surface area (Å²) in [6.07, 6.45) is -0.117. The highest BCUT2D eigenvalue weighted by Gasteiger charge is 2.62. The summed E-state index contributed by atoms with van der Waals surface area (Å²) in [5.74, 6) is -1.33. The molecular formula is C18H19F2IN2O3. The summed E-state index contributed by atoms with van der Waals surface area (Å²) in [6.45, 7) is 1.51. The van der Waals surface area contributed by atoms with Crippen LogP contribution in [0.15, 0.2) is 12.1 Å². The van der Waals surface area contributed by atoms with Crippen molar-refractivity contribution in [2.75, 3.05) is 13.1 Å². The molecule has 0 saturated heterocycles. The molecule has 3 aliphatic rings. The fourth-order valence-electron chi connectivity index (χ4n) is 4.24. The number of benzene rings is 1. The number of hydrogen-bond donors (Lipinski definition) is 2. The summed E-state index contributed by atoms with van der Waals surface area (Å²) in [7, 11) is 0. The molecule has 0 radical (unpaired) electrons. The van der Waals surface area contributed by atoms with Gasteiger partial charge in [-0.25, -0.2) is 8.78 Å². The minimum Gasteiger partial charge on any atom is -0.390 e. The van der Waals surface area contributed by atoms with Gasteiger partial charge in [-0.2, -0.15) is 0 Å². The van der Waals surface area contributed by atoms with Crippen LogP contribution in [-0.2, 0) is 10.2 Å². The molecule has 0 bridgehead atoms. The highest BCUT2D eigenvalue weighted by Crippen LogP contribution is 2.55. The van der Waals surface area contributed by atoms with Crippen molar-refractivity contribution < 1.29 is 23.5 Å². The van der Waals surface area contributed by atoms with Crippen molar-refractivity contribution in [3.8, 4) is 0 Å². The van der Waals surface area contributed by atoms with Crippen molar-refractivity contribution in [3.63, 3.8) is 0 Å². The van der Waals surface area contributed by atoms with Crippen LogP contribution in [0.4, 0.5) is 8.78 Å². The van der Waals surface area contributed by atoms with Crippen LogP contribution in [0, 0.1) is 9.39 Å². The molecule has 8 heteroatoms. The van der Waals surface area contributed by atoms with Crippen LogP contribution in [0.3, 0.4) is 0 Å². The largest absolute Gasteiger partial charge is 0.390 e. The zero-order valence-electron chi connectivity index (χ0n) is 14.2. The Labute approximate surface area is 163 Å². The molecule has 140 valence electrons. The van der Waals surface area contributed by atoms with Crippen LogP contribution < -0.4 is 5.32 Å². The lowest BCUT2D eigenvalue weighted by atomic mass is 9.77. The fraction of sp³-hybridized carbons (Fsp3) is 0.556. The molecule has 2 aliphatic carbocycles. The predicted molar refractivity (Wildman–Crippen MR) is 98.0 cm³/mol. The lowest BCUT2D eigenvalue weighted by Gasteiger charge is -2.41. The molecule has 2 N–H and O–H groups in total. The van der Waals surface area contributed by atoms with Crippen molar-refractivity contribution in [2.24, 2.45) is 0 Å².